The number of amides is 1. The van der Waals surface area contributed by atoms with Crippen LogP contribution in [0.15, 0.2) is 36.4 Å². The quantitative estimate of drug-likeness (QED) is 0.690. The highest BCUT2D eigenvalue weighted by molar-refractivity contribution is 6.06. The van der Waals surface area contributed by atoms with Crippen LogP contribution in [0.25, 0.3) is 10.9 Å². The van der Waals surface area contributed by atoms with Crippen molar-refractivity contribution in [2.24, 2.45) is 5.92 Å². The number of carbonyl (C=O) groups excluding carboxylic acids is 1. The van der Waals surface area contributed by atoms with E-state index in [1.165, 1.54) is 17.3 Å². The molecule has 5 heteroatoms. The molecule has 2 N–H and O–H groups in total. The largest absolute Gasteiger partial charge is 0.358 e. The second-order valence-corrected chi connectivity index (χ2v) is 6.77. The van der Waals surface area contributed by atoms with Crippen molar-refractivity contribution in [3.63, 3.8) is 0 Å². The molecule has 25 heavy (non-hydrogen) atoms. The number of aromatic nitrogens is 1. The molecular weight excluding hydrogens is 322 g/mol. The molecule has 1 amide bonds. The van der Waals surface area contributed by atoms with Gasteiger partial charge in [-0.05, 0) is 61.1 Å². The van der Waals surface area contributed by atoms with Crippen molar-refractivity contribution in [1.29, 1.82) is 0 Å². The van der Waals surface area contributed by atoms with Gasteiger partial charge in [0, 0.05) is 28.2 Å². The first kappa shape index (κ1) is 15.8. The normalized spacial score (nSPS) is 16.7. The van der Waals surface area contributed by atoms with Gasteiger partial charge in [-0.15, -0.1) is 0 Å². The molecule has 0 spiro atoms. The number of hydrogen-bond acceptors (Lipinski definition) is 1. The second kappa shape index (κ2) is 5.99. The number of carbonyl (C=O) groups is 1. The molecule has 0 saturated heterocycles. The maximum absolute atomic E-state index is 13.7. The lowest BCUT2D eigenvalue weighted by atomic mass is 9.87. The summed E-state index contributed by atoms with van der Waals surface area (Å²) in [6, 6.07) is 8.54. The molecule has 3 aromatic rings. The summed E-state index contributed by atoms with van der Waals surface area (Å²) in [4.78, 5) is 15.9. The van der Waals surface area contributed by atoms with Gasteiger partial charge in [0.15, 0.2) is 0 Å². The van der Waals surface area contributed by atoms with Crippen LogP contribution < -0.4 is 5.32 Å². The standard InChI is InChI=1S/C20H18F2N2O/c1-11-2-5-17-14(8-11)15-9-12(3-6-18(15)23-17)20(25)24-19-7-4-13(21)10-16(19)22/h3-4,6-7,9-11,23H,2,5,8H2,1H3,(H,24,25)/t11-/m0/s1. The maximum atomic E-state index is 13.7. The molecule has 1 heterocycles. The van der Waals surface area contributed by atoms with E-state index in [9.17, 15) is 13.6 Å². The fourth-order valence-electron chi connectivity index (χ4n) is 3.52. The van der Waals surface area contributed by atoms with Crippen LogP contribution in [0, 0.1) is 17.6 Å². The minimum absolute atomic E-state index is 0.0313. The number of fused-ring (bicyclic) bond motifs is 3. The van der Waals surface area contributed by atoms with Crippen molar-refractivity contribution in [3.8, 4) is 0 Å². The summed E-state index contributed by atoms with van der Waals surface area (Å²) < 4.78 is 26.7. The highest BCUT2D eigenvalue weighted by Crippen LogP contribution is 2.32. The number of anilines is 1. The summed E-state index contributed by atoms with van der Waals surface area (Å²) >= 11 is 0. The third-order valence-corrected chi connectivity index (χ3v) is 4.88. The molecule has 0 saturated carbocycles. The minimum Gasteiger partial charge on any atom is -0.358 e. The first-order chi connectivity index (χ1) is 12.0. The van der Waals surface area contributed by atoms with Gasteiger partial charge in [0.25, 0.3) is 5.91 Å². The number of halogens is 2. The Labute approximate surface area is 144 Å². The van der Waals surface area contributed by atoms with E-state index >= 15 is 0 Å². The van der Waals surface area contributed by atoms with Crippen LogP contribution in [0.4, 0.5) is 14.5 Å². The Kier molecular flexibility index (Phi) is 3.79. The number of H-pyrrole nitrogens is 1. The second-order valence-electron chi connectivity index (χ2n) is 6.77. The van der Waals surface area contributed by atoms with E-state index in [2.05, 4.69) is 17.2 Å². The van der Waals surface area contributed by atoms with E-state index in [0.29, 0.717) is 11.5 Å². The lowest BCUT2D eigenvalue weighted by Gasteiger charge is -2.18. The van der Waals surface area contributed by atoms with Crippen molar-refractivity contribution in [1.82, 2.24) is 4.98 Å². The van der Waals surface area contributed by atoms with E-state index in [0.717, 1.165) is 42.3 Å². The Morgan fingerprint density at radius 2 is 2.04 bits per heavy atom. The third-order valence-electron chi connectivity index (χ3n) is 4.88. The van der Waals surface area contributed by atoms with Crippen molar-refractivity contribution >= 4 is 22.5 Å². The highest BCUT2D eigenvalue weighted by Gasteiger charge is 2.20. The summed E-state index contributed by atoms with van der Waals surface area (Å²) in [6.45, 7) is 2.23. The molecule has 1 atom stereocenters. The molecular formula is C20H18F2N2O. The number of aromatic amines is 1. The van der Waals surface area contributed by atoms with E-state index in [-0.39, 0.29) is 5.69 Å². The minimum atomic E-state index is -0.790. The first-order valence-corrected chi connectivity index (χ1v) is 8.41. The van der Waals surface area contributed by atoms with Crippen LogP contribution in [0.2, 0.25) is 0 Å². The molecule has 1 aliphatic carbocycles. The van der Waals surface area contributed by atoms with Crippen molar-refractivity contribution in [3.05, 3.63) is 64.9 Å². The van der Waals surface area contributed by atoms with E-state index in [4.69, 9.17) is 0 Å². The van der Waals surface area contributed by atoms with Crippen LogP contribution in [0.3, 0.4) is 0 Å². The summed E-state index contributed by atoms with van der Waals surface area (Å²) in [5.41, 5.74) is 3.96. The molecule has 0 aliphatic heterocycles. The van der Waals surface area contributed by atoms with Gasteiger partial charge in [0.2, 0.25) is 0 Å². The first-order valence-electron chi connectivity index (χ1n) is 8.41. The highest BCUT2D eigenvalue weighted by atomic mass is 19.1. The molecule has 0 radical (unpaired) electrons. The lowest BCUT2D eigenvalue weighted by molar-refractivity contribution is 0.102. The van der Waals surface area contributed by atoms with Gasteiger partial charge in [-0.3, -0.25) is 4.79 Å². The molecule has 0 bridgehead atoms. The van der Waals surface area contributed by atoms with E-state index < -0.39 is 17.5 Å². The Bertz CT molecular complexity index is 977. The monoisotopic (exact) mass is 340 g/mol. The predicted octanol–water partition coefficient (Wildman–Crippen LogP) is 4.82. The fourth-order valence-corrected chi connectivity index (χ4v) is 3.52. The van der Waals surface area contributed by atoms with Crippen LogP contribution in [-0.2, 0) is 12.8 Å². The number of benzene rings is 2. The van der Waals surface area contributed by atoms with Gasteiger partial charge >= 0.3 is 0 Å². The Balaban J connectivity index is 1.67. The van der Waals surface area contributed by atoms with Crippen molar-refractivity contribution < 1.29 is 13.6 Å². The predicted molar refractivity (Wildman–Crippen MR) is 93.8 cm³/mol. The molecule has 4 rings (SSSR count). The molecule has 0 unspecified atom stereocenters. The zero-order valence-corrected chi connectivity index (χ0v) is 13.8. The number of nitrogens with one attached hydrogen (secondary N) is 2. The number of aryl methyl sites for hydroxylation is 1. The lowest BCUT2D eigenvalue weighted by Crippen LogP contribution is -2.13. The number of rotatable bonds is 2. The summed E-state index contributed by atoms with van der Waals surface area (Å²) in [6.07, 6.45) is 3.18. The van der Waals surface area contributed by atoms with Gasteiger partial charge in [-0.2, -0.15) is 0 Å². The molecule has 2 aromatic carbocycles. The van der Waals surface area contributed by atoms with Crippen LogP contribution in [0.1, 0.15) is 35.0 Å². The molecule has 128 valence electrons. The van der Waals surface area contributed by atoms with Gasteiger partial charge in [0.1, 0.15) is 11.6 Å². The maximum Gasteiger partial charge on any atom is 0.255 e. The summed E-state index contributed by atoms with van der Waals surface area (Å²) in [5.74, 6) is -1.25. The Morgan fingerprint density at radius 1 is 1.20 bits per heavy atom. The van der Waals surface area contributed by atoms with Gasteiger partial charge in [-0.25, -0.2) is 8.78 Å². The van der Waals surface area contributed by atoms with Crippen molar-refractivity contribution in [2.75, 3.05) is 5.32 Å². The average molecular weight is 340 g/mol. The van der Waals surface area contributed by atoms with Crippen LogP contribution in [-0.4, -0.2) is 10.9 Å². The Hall–Kier alpha value is -2.69. The van der Waals surface area contributed by atoms with Crippen molar-refractivity contribution in [2.45, 2.75) is 26.2 Å². The van der Waals surface area contributed by atoms with Crippen LogP contribution >= 0.6 is 0 Å². The van der Waals surface area contributed by atoms with Crippen LogP contribution in [0.5, 0.6) is 0 Å². The summed E-state index contributed by atoms with van der Waals surface area (Å²) in [5, 5.41) is 3.56. The summed E-state index contributed by atoms with van der Waals surface area (Å²) in [7, 11) is 0. The molecule has 1 aliphatic rings. The third kappa shape index (κ3) is 2.90. The van der Waals surface area contributed by atoms with E-state index in [1.807, 2.05) is 12.1 Å². The zero-order chi connectivity index (χ0) is 17.6. The van der Waals surface area contributed by atoms with Gasteiger partial charge in [-0.1, -0.05) is 6.92 Å². The number of hydrogen-bond donors (Lipinski definition) is 2. The smallest absolute Gasteiger partial charge is 0.255 e. The molecule has 1 aromatic heterocycles. The van der Waals surface area contributed by atoms with Gasteiger partial charge < -0.3 is 10.3 Å². The average Bonchev–Trinajstić information content (AvgIpc) is 2.94. The Morgan fingerprint density at radius 3 is 2.84 bits per heavy atom. The van der Waals surface area contributed by atoms with E-state index in [1.54, 1.807) is 6.07 Å². The SMILES string of the molecule is C[C@H]1CCc2[nH]c3ccc(C(=O)Nc4ccc(F)cc4F)cc3c2C1. The topological polar surface area (TPSA) is 44.9 Å². The molecule has 0 fully saturated rings. The van der Waals surface area contributed by atoms with Gasteiger partial charge in [0.05, 0.1) is 5.69 Å². The molecule has 3 nitrogen and oxygen atoms in total. The zero-order valence-electron chi connectivity index (χ0n) is 13.8. The fraction of sp³-hybridized carbons (Fsp3) is 0.250.